The lowest BCUT2D eigenvalue weighted by atomic mass is 9.91. The Labute approximate surface area is 125 Å². The van der Waals surface area contributed by atoms with Gasteiger partial charge in [-0.2, -0.15) is 0 Å². The summed E-state index contributed by atoms with van der Waals surface area (Å²) in [6, 6.07) is 5.82. The Morgan fingerprint density at radius 1 is 1.38 bits per heavy atom. The molecule has 2 N–H and O–H groups in total. The Morgan fingerprint density at radius 2 is 2.29 bits per heavy atom. The molecule has 2 aliphatic heterocycles. The normalized spacial score (nSPS) is 28.8. The second kappa shape index (κ2) is 6.22. The summed E-state index contributed by atoms with van der Waals surface area (Å²) >= 11 is 0. The lowest BCUT2D eigenvalue weighted by molar-refractivity contribution is -0.112. The van der Waals surface area contributed by atoms with Crippen LogP contribution in [0, 0.1) is 0 Å². The van der Waals surface area contributed by atoms with Crippen LogP contribution < -0.4 is 15.2 Å². The Bertz CT molecular complexity index is 463. The zero-order valence-electron chi connectivity index (χ0n) is 12.5. The van der Waals surface area contributed by atoms with Gasteiger partial charge in [0.15, 0.2) is 11.5 Å². The van der Waals surface area contributed by atoms with Crippen molar-refractivity contribution in [2.45, 2.75) is 37.5 Å². The third kappa shape index (κ3) is 3.00. The van der Waals surface area contributed by atoms with Crippen molar-refractivity contribution in [3.05, 3.63) is 23.8 Å². The van der Waals surface area contributed by atoms with Crippen LogP contribution in [0.4, 0.5) is 0 Å². The van der Waals surface area contributed by atoms with E-state index in [4.69, 9.17) is 24.7 Å². The van der Waals surface area contributed by atoms with Crippen LogP contribution in [0.15, 0.2) is 18.2 Å². The van der Waals surface area contributed by atoms with E-state index in [1.54, 1.807) is 7.11 Å². The molecule has 0 saturated carbocycles. The minimum absolute atomic E-state index is 0.113. The van der Waals surface area contributed by atoms with Crippen molar-refractivity contribution in [2.24, 2.45) is 5.73 Å². The summed E-state index contributed by atoms with van der Waals surface area (Å²) in [6.07, 6.45) is 2.79. The van der Waals surface area contributed by atoms with Crippen LogP contribution in [0.25, 0.3) is 0 Å². The van der Waals surface area contributed by atoms with Crippen LogP contribution in [0.1, 0.15) is 24.8 Å². The topological polar surface area (TPSA) is 62.9 Å². The highest BCUT2D eigenvalue weighted by Crippen LogP contribution is 2.37. The standard InChI is InChI=1S/C16H23NO4/c1-18-14-4-2-3-12(10-17)15(14)21-13-5-7-20-16(9-13)6-8-19-11-16/h2-4,13H,5-11,17H2,1H3. The maximum Gasteiger partial charge on any atom is 0.166 e. The van der Waals surface area contributed by atoms with Crippen LogP contribution in [-0.2, 0) is 16.0 Å². The van der Waals surface area contributed by atoms with Gasteiger partial charge >= 0.3 is 0 Å². The molecular weight excluding hydrogens is 270 g/mol. The maximum atomic E-state index is 6.25. The van der Waals surface area contributed by atoms with Gasteiger partial charge in [0.1, 0.15) is 6.10 Å². The van der Waals surface area contributed by atoms with Gasteiger partial charge < -0.3 is 24.7 Å². The molecule has 1 aromatic carbocycles. The summed E-state index contributed by atoms with van der Waals surface area (Å²) in [5.74, 6) is 1.50. The predicted molar refractivity (Wildman–Crippen MR) is 78.7 cm³/mol. The van der Waals surface area contributed by atoms with Crippen molar-refractivity contribution >= 4 is 0 Å². The van der Waals surface area contributed by atoms with Crippen molar-refractivity contribution in [3.8, 4) is 11.5 Å². The molecule has 5 nitrogen and oxygen atoms in total. The highest BCUT2D eigenvalue weighted by molar-refractivity contribution is 5.46. The second-order valence-corrected chi connectivity index (χ2v) is 5.72. The predicted octanol–water partition coefficient (Wildman–Crippen LogP) is 1.87. The van der Waals surface area contributed by atoms with Crippen LogP contribution in [0.2, 0.25) is 0 Å². The molecule has 0 aliphatic carbocycles. The average Bonchev–Trinajstić information content (AvgIpc) is 2.95. The number of hydrogen-bond acceptors (Lipinski definition) is 5. The zero-order valence-corrected chi connectivity index (χ0v) is 12.5. The van der Waals surface area contributed by atoms with Crippen molar-refractivity contribution in [2.75, 3.05) is 26.9 Å². The van der Waals surface area contributed by atoms with Gasteiger partial charge in [-0.3, -0.25) is 0 Å². The van der Waals surface area contributed by atoms with Crippen LogP contribution in [-0.4, -0.2) is 38.6 Å². The van der Waals surface area contributed by atoms with Crippen molar-refractivity contribution in [1.29, 1.82) is 0 Å². The third-order valence-corrected chi connectivity index (χ3v) is 4.30. The fourth-order valence-corrected chi connectivity index (χ4v) is 3.13. The number of methoxy groups -OCH3 is 1. The van der Waals surface area contributed by atoms with Crippen molar-refractivity contribution in [1.82, 2.24) is 0 Å². The molecule has 2 heterocycles. The van der Waals surface area contributed by atoms with Crippen molar-refractivity contribution in [3.63, 3.8) is 0 Å². The molecule has 2 unspecified atom stereocenters. The van der Waals surface area contributed by atoms with Gasteiger partial charge in [0, 0.05) is 38.0 Å². The first-order valence-corrected chi connectivity index (χ1v) is 7.51. The molecule has 5 heteroatoms. The quantitative estimate of drug-likeness (QED) is 0.918. The van der Waals surface area contributed by atoms with Gasteiger partial charge in [-0.05, 0) is 6.07 Å². The Balaban J connectivity index is 1.77. The minimum Gasteiger partial charge on any atom is -0.493 e. The zero-order chi connectivity index (χ0) is 14.7. The molecule has 2 aliphatic rings. The molecular formula is C16H23NO4. The van der Waals surface area contributed by atoms with Gasteiger partial charge in [0.05, 0.1) is 25.9 Å². The third-order valence-electron chi connectivity index (χ3n) is 4.30. The van der Waals surface area contributed by atoms with Crippen LogP contribution in [0.3, 0.4) is 0 Å². The molecule has 2 saturated heterocycles. The van der Waals surface area contributed by atoms with E-state index in [1.165, 1.54) is 0 Å². The van der Waals surface area contributed by atoms with Crippen LogP contribution in [0.5, 0.6) is 11.5 Å². The van der Waals surface area contributed by atoms with E-state index in [0.29, 0.717) is 19.8 Å². The summed E-state index contributed by atoms with van der Waals surface area (Å²) < 4.78 is 23.1. The molecule has 0 bridgehead atoms. The van der Waals surface area contributed by atoms with E-state index in [1.807, 2.05) is 18.2 Å². The summed E-state index contributed by atoms with van der Waals surface area (Å²) in [5.41, 5.74) is 6.63. The summed E-state index contributed by atoms with van der Waals surface area (Å²) in [6.45, 7) is 2.59. The monoisotopic (exact) mass is 293 g/mol. The number of para-hydroxylation sites is 1. The first kappa shape index (κ1) is 14.6. The molecule has 21 heavy (non-hydrogen) atoms. The molecule has 116 valence electrons. The number of benzene rings is 1. The van der Waals surface area contributed by atoms with Gasteiger partial charge in [-0.1, -0.05) is 12.1 Å². The highest BCUT2D eigenvalue weighted by atomic mass is 16.6. The van der Waals surface area contributed by atoms with E-state index < -0.39 is 0 Å². The van der Waals surface area contributed by atoms with Crippen LogP contribution >= 0.6 is 0 Å². The average molecular weight is 293 g/mol. The SMILES string of the molecule is COc1cccc(CN)c1OC1CCOC2(CCOC2)C1. The number of ether oxygens (including phenoxy) is 4. The van der Waals surface area contributed by atoms with E-state index in [0.717, 1.165) is 42.9 Å². The van der Waals surface area contributed by atoms with Gasteiger partial charge in [-0.25, -0.2) is 0 Å². The first-order chi connectivity index (χ1) is 10.3. The molecule has 1 aromatic rings. The molecule has 3 rings (SSSR count). The molecule has 0 amide bonds. The molecule has 2 fully saturated rings. The number of nitrogens with two attached hydrogens (primary N) is 1. The Morgan fingerprint density at radius 3 is 3.00 bits per heavy atom. The summed E-state index contributed by atoms with van der Waals surface area (Å²) in [5, 5.41) is 0. The Kier molecular flexibility index (Phi) is 4.33. The van der Waals surface area contributed by atoms with E-state index in [-0.39, 0.29) is 11.7 Å². The number of hydrogen-bond donors (Lipinski definition) is 1. The van der Waals surface area contributed by atoms with E-state index >= 15 is 0 Å². The van der Waals surface area contributed by atoms with Crippen molar-refractivity contribution < 1.29 is 18.9 Å². The van der Waals surface area contributed by atoms with E-state index in [9.17, 15) is 0 Å². The maximum absolute atomic E-state index is 6.25. The lowest BCUT2D eigenvalue weighted by Crippen LogP contribution is -2.44. The van der Waals surface area contributed by atoms with Gasteiger partial charge in [0.25, 0.3) is 0 Å². The second-order valence-electron chi connectivity index (χ2n) is 5.72. The lowest BCUT2D eigenvalue weighted by Gasteiger charge is -2.37. The molecule has 0 aromatic heterocycles. The first-order valence-electron chi connectivity index (χ1n) is 7.51. The highest BCUT2D eigenvalue weighted by Gasteiger charge is 2.42. The summed E-state index contributed by atoms with van der Waals surface area (Å²) in [4.78, 5) is 0. The van der Waals surface area contributed by atoms with Gasteiger partial charge in [0.2, 0.25) is 0 Å². The minimum atomic E-state index is -0.159. The van der Waals surface area contributed by atoms with Gasteiger partial charge in [-0.15, -0.1) is 0 Å². The molecule has 2 atom stereocenters. The number of rotatable bonds is 4. The fraction of sp³-hybridized carbons (Fsp3) is 0.625. The fourth-order valence-electron chi connectivity index (χ4n) is 3.13. The molecule has 1 spiro atoms. The largest absolute Gasteiger partial charge is 0.493 e. The summed E-state index contributed by atoms with van der Waals surface area (Å²) in [7, 11) is 1.65. The Hall–Kier alpha value is -1.30. The molecule has 0 radical (unpaired) electrons. The van der Waals surface area contributed by atoms with E-state index in [2.05, 4.69) is 0 Å². The smallest absolute Gasteiger partial charge is 0.166 e.